The van der Waals surface area contributed by atoms with Crippen LogP contribution in [0, 0.1) is 0 Å². The topological polar surface area (TPSA) is 75.4 Å². The van der Waals surface area contributed by atoms with Crippen LogP contribution in [-0.4, -0.2) is 36.3 Å². The van der Waals surface area contributed by atoms with Gasteiger partial charge in [-0.1, -0.05) is 18.6 Å². The maximum absolute atomic E-state index is 11.8. The van der Waals surface area contributed by atoms with E-state index in [2.05, 4.69) is 5.32 Å². The lowest BCUT2D eigenvalue weighted by Gasteiger charge is -2.20. The molecule has 1 fully saturated rings. The van der Waals surface area contributed by atoms with Crippen LogP contribution in [-0.2, 0) is 16.0 Å². The molecule has 0 aromatic heterocycles. The van der Waals surface area contributed by atoms with Crippen LogP contribution in [0.5, 0.6) is 0 Å². The second kappa shape index (κ2) is 8.41. The van der Waals surface area contributed by atoms with E-state index in [0.717, 1.165) is 44.3 Å². The minimum absolute atomic E-state index is 0.00645. The van der Waals surface area contributed by atoms with E-state index in [-0.39, 0.29) is 11.8 Å². The standard InChI is InChI=1S/C17H25N3O2/c18-15-8-6-14(7-9-15)13-16(21)19-10-4-12-20-11-3-1-2-5-17(20)22/h6-9H,1-5,10-13,18H2,(H,19,21). The van der Waals surface area contributed by atoms with Crippen LogP contribution in [0.3, 0.4) is 0 Å². The first kappa shape index (κ1) is 16.3. The molecule has 1 aromatic carbocycles. The molecule has 0 unspecified atom stereocenters. The van der Waals surface area contributed by atoms with Crippen molar-refractivity contribution in [3.8, 4) is 0 Å². The Morgan fingerprint density at radius 3 is 2.73 bits per heavy atom. The van der Waals surface area contributed by atoms with Crippen LogP contribution in [0.1, 0.15) is 37.7 Å². The van der Waals surface area contributed by atoms with Crippen molar-refractivity contribution in [2.45, 2.75) is 38.5 Å². The predicted octanol–water partition coefficient (Wildman–Crippen LogP) is 1.72. The molecule has 5 nitrogen and oxygen atoms in total. The minimum atomic E-state index is 0.00645. The third-order valence-electron chi connectivity index (χ3n) is 3.94. The van der Waals surface area contributed by atoms with Crippen molar-refractivity contribution >= 4 is 17.5 Å². The third-order valence-corrected chi connectivity index (χ3v) is 3.94. The van der Waals surface area contributed by atoms with Crippen molar-refractivity contribution in [2.24, 2.45) is 0 Å². The van der Waals surface area contributed by atoms with Crippen molar-refractivity contribution < 1.29 is 9.59 Å². The molecule has 3 N–H and O–H groups in total. The number of nitrogens with zero attached hydrogens (tertiary/aromatic N) is 1. The summed E-state index contributed by atoms with van der Waals surface area (Å²) in [5.74, 6) is 0.262. The number of rotatable bonds is 6. The van der Waals surface area contributed by atoms with Gasteiger partial charge >= 0.3 is 0 Å². The minimum Gasteiger partial charge on any atom is -0.399 e. The molecule has 1 aliphatic rings. The summed E-state index contributed by atoms with van der Waals surface area (Å²) in [4.78, 5) is 25.6. The fourth-order valence-corrected chi connectivity index (χ4v) is 2.66. The SMILES string of the molecule is Nc1ccc(CC(=O)NCCCN2CCCCCC2=O)cc1. The Morgan fingerprint density at radius 1 is 1.18 bits per heavy atom. The van der Waals surface area contributed by atoms with Gasteiger partial charge < -0.3 is 16.0 Å². The molecule has 2 rings (SSSR count). The first-order valence-electron chi connectivity index (χ1n) is 8.04. The smallest absolute Gasteiger partial charge is 0.224 e. The number of hydrogen-bond donors (Lipinski definition) is 2. The van der Waals surface area contributed by atoms with E-state index >= 15 is 0 Å². The number of nitrogen functional groups attached to an aromatic ring is 1. The largest absolute Gasteiger partial charge is 0.399 e. The Balaban J connectivity index is 1.64. The molecule has 0 bridgehead atoms. The molecule has 1 saturated heterocycles. The highest BCUT2D eigenvalue weighted by Crippen LogP contribution is 2.11. The van der Waals surface area contributed by atoms with Crippen LogP contribution in [0.15, 0.2) is 24.3 Å². The molecule has 0 saturated carbocycles. The average molecular weight is 303 g/mol. The maximum atomic E-state index is 11.8. The van der Waals surface area contributed by atoms with Crippen molar-refractivity contribution in [2.75, 3.05) is 25.4 Å². The summed E-state index contributed by atoms with van der Waals surface area (Å²) >= 11 is 0. The van der Waals surface area contributed by atoms with Crippen LogP contribution >= 0.6 is 0 Å². The lowest BCUT2D eigenvalue weighted by Crippen LogP contribution is -2.34. The van der Waals surface area contributed by atoms with Crippen LogP contribution in [0.2, 0.25) is 0 Å². The summed E-state index contributed by atoms with van der Waals surface area (Å²) < 4.78 is 0. The summed E-state index contributed by atoms with van der Waals surface area (Å²) in [6.45, 7) is 2.21. The molecular weight excluding hydrogens is 278 g/mol. The quantitative estimate of drug-likeness (QED) is 0.620. The highest BCUT2D eigenvalue weighted by molar-refractivity contribution is 5.78. The molecule has 1 heterocycles. The van der Waals surface area contributed by atoms with E-state index in [4.69, 9.17) is 5.73 Å². The Bertz CT molecular complexity index is 499. The maximum Gasteiger partial charge on any atom is 0.224 e. The van der Waals surface area contributed by atoms with E-state index < -0.39 is 0 Å². The zero-order valence-electron chi connectivity index (χ0n) is 13.0. The first-order valence-corrected chi connectivity index (χ1v) is 8.04. The van der Waals surface area contributed by atoms with Gasteiger partial charge in [0, 0.05) is 31.7 Å². The molecule has 0 atom stereocenters. The Kier molecular flexibility index (Phi) is 6.25. The zero-order chi connectivity index (χ0) is 15.8. The predicted molar refractivity (Wildman–Crippen MR) is 87.2 cm³/mol. The Morgan fingerprint density at radius 2 is 1.95 bits per heavy atom. The molecule has 0 radical (unpaired) electrons. The summed E-state index contributed by atoms with van der Waals surface area (Å²) in [5, 5.41) is 2.91. The Labute approximate surface area is 131 Å². The average Bonchev–Trinajstić information content (AvgIpc) is 2.71. The number of carbonyl (C=O) groups excluding carboxylic acids is 2. The second-order valence-corrected chi connectivity index (χ2v) is 5.81. The van der Waals surface area contributed by atoms with Crippen molar-refractivity contribution in [3.63, 3.8) is 0 Å². The molecule has 22 heavy (non-hydrogen) atoms. The molecule has 1 aliphatic heterocycles. The van der Waals surface area contributed by atoms with Crippen molar-refractivity contribution in [3.05, 3.63) is 29.8 Å². The van der Waals surface area contributed by atoms with Gasteiger partial charge in [0.1, 0.15) is 0 Å². The normalized spacial score (nSPS) is 15.5. The number of likely N-dealkylation sites (tertiary alicyclic amines) is 1. The van der Waals surface area contributed by atoms with Gasteiger partial charge in [0.25, 0.3) is 0 Å². The third kappa shape index (κ3) is 5.39. The summed E-state index contributed by atoms with van der Waals surface area (Å²) in [7, 11) is 0. The van der Waals surface area contributed by atoms with Crippen LogP contribution < -0.4 is 11.1 Å². The fourth-order valence-electron chi connectivity index (χ4n) is 2.66. The van der Waals surface area contributed by atoms with E-state index in [0.29, 0.717) is 25.1 Å². The zero-order valence-corrected chi connectivity index (χ0v) is 13.0. The van der Waals surface area contributed by atoms with E-state index in [1.807, 2.05) is 17.0 Å². The van der Waals surface area contributed by atoms with E-state index in [1.54, 1.807) is 12.1 Å². The first-order chi connectivity index (χ1) is 10.6. The monoisotopic (exact) mass is 303 g/mol. The number of anilines is 1. The fraction of sp³-hybridized carbons (Fsp3) is 0.529. The number of amides is 2. The van der Waals surface area contributed by atoms with Gasteiger partial charge in [-0.25, -0.2) is 0 Å². The van der Waals surface area contributed by atoms with Gasteiger partial charge in [-0.3, -0.25) is 9.59 Å². The second-order valence-electron chi connectivity index (χ2n) is 5.81. The van der Waals surface area contributed by atoms with E-state index in [1.165, 1.54) is 0 Å². The summed E-state index contributed by atoms with van der Waals surface area (Å²) in [5.41, 5.74) is 7.27. The molecular formula is C17H25N3O2. The lowest BCUT2D eigenvalue weighted by atomic mass is 10.1. The van der Waals surface area contributed by atoms with Crippen LogP contribution in [0.25, 0.3) is 0 Å². The molecule has 1 aromatic rings. The molecule has 0 spiro atoms. The number of carbonyl (C=O) groups is 2. The number of hydrogen-bond acceptors (Lipinski definition) is 3. The van der Waals surface area contributed by atoms with Gasteiger partial charge in [0.05, 0.1) is 6.42 Å². The van der Waals surface area contributed by atoms with Gasteiger partial charge in [0.15, 0.2) is 0 Å². The van der Waals surface area contributed by atoms with Gasteiger partial charge in [-0.15, -0.1) is 0 Å². The van der Waals surface area contributed by atoms with Crippen molar-refractivity contribution in [1.82, 2.24) is 10.2 Å². The van der Waals surface area contributed by atoms with Crippen LogP contribution in [0.4, 0.5) is 5.69 Å². The van der Waals surface area contributed by atoms with Gasteiger partial charge in [-0.05, 0) is 37.0 Å². The molecule has 0 aliphatic carbocycles. The number of nitrogens with one attached hydrogen (secondary N) is 1. The summed E-state index contributed by atoms with van der Waals surface area (Å²) in [6, 6.07) is 7.33. The highest BCUT2D eigenvalue weighted by atomic mass is 16.2. The highest BCUT2D eigenvalue weighted by Gasteiger charge is 2.15. The molecule has 2 amide bonds. The van der Waals surface area contributed by atoms with Gasteiger partial charge in [0.2, 0.25) is 11.8 Å². The Hall–Kier alpha value is -2.04. The number of nitrogens with two attached hydrogens (primary N) is 1. The van der Waals surface area contributed by atoms with Gasteiger partial charge in [-0.2, -0.15) is 0 Å². The van der Waals surface area contributed by atoms with E-state index in [9.17, 15) is 9.59 Å². The lowest BCUT2D eigenvalue weighted by molar-refractivity contribution is -0.130. The summed E-state index contributed by atoms with van der Waals surface area (Å²) in [6.07, 6.45) is 5.08. The molecule has 5 heteroatoms. The molecule has 120 valence electrons. The van der Waals surface area contributed by atoms with Crippen molar-refractivity contribution in [1.29, 1.82) is 0 Å². The number of benzene rings is 1.